The zero-order valence-electron chi connectivity index (χ0n) is 16.5. The Labute approximate surface area is 178 Å². The zero-order chi connectivity index (χ0) is 20.5. The monoisotopic (exact) mass is 424 g/mol. The second-order valence-corrected chi connectivity index (χ2v) is 8.49. The minimum Gasteiger partial charge on any atom is -0.494 e. The molecule has 2 aromatic carbocycles. The van der Waals surface area contributed by atoms with Gasteiger partial charge in [-0.25, -0.2) is 4.98 Å². The summed E-state index contributed by atoms with van der Waals surface area (Å²) >= 11 is 7.55. The summed E-state index contributed by atoms with van der Waals surface area (Å²) in [6, 6.07) is 15.4. The Morgan fingerprint density at radius 3 is 2.41 bits per heavy atom. The highest BCUT2D eigenvalue weighted by molar-refractivity contribution is 7.19. The van der Waals surface area contributed by atoms with Gasteiger partial charge in [-0.05, 0) is 56.2 Å². The number of nitrogens with zero attached hydrogens (tertiary/aromatic N) is 2. The van der Waals surface area contributed by atoms with Crippen molar-refractivity contribution in [2.45, 2.75) is 27.3 Å². The zero-order valence-corrected chi connectivity index (χ0v) is 18.1. The lowest BCUT2D eigenvalue weighted by molar-refractivity contribution is 0.340. The van der Waals surface area contributed by atoms with E-state index < -0.39 is 0 Å². The van der Waals surface area contributed by atoms with Crippen LogP contribution in [0.5, 0.6) is 5.75 Å². The summed E-state index contributed by atoms with van der Waals surface area (Å²) in [4.78, 5) is 20.1. The first kappa shape index (κ1) is 19.7. The van der Waals surface area contributed by atoms with E-state index in [-0.39, 0.29) is 5.56 Å². The highest BCUT2D eigenvalue weighted by Gasteiger charge is 2.18. The van der Waals surface area contributed by atoms with Crippen molar-refractivity contribution >= 4 is 33.2 Å². The molecule has 6 heteroatoms. The van der Waals surface area contributed by atoms with Crippen molar-refractivity contribution in [2.24, 2.45) is 0 Å². The van der Waals surface area contributed by atoms with Gasteiger partial charge in [0.25, 0.3) is 5.56 Å². The number of fused-ring (bicyclic) bond motifs is 1. The van der Waals surface area contributed by atoms with Gasteiger partial charge in [-0.15, -0.1) is 11.3 Å². The molecule has 4 nitrogen and oxygen atoms in total. The van der Waals surface area contributed by atoms with Gasteiger partial charge in [0.15, 0.2) is 0 Å². The predicted octanol–water partition coefficient (Wildman–Crippen LogP) is 5.84. The average molecular weight is 425 g/mol. The lowest BCUT2D eigenvalue weighted by Gasteiger charge is -2.11. The van der Waals surface area contributed by atoms with Gasteiger partial charge in [0.05, 0.1) is 18.5 Å². The number of thiophene rings is 1. The molecule has 4 aromatic rings. The van der Waals surface area contributed by atoms with Crippen molar-refractivity contribution in [1.82, 2.24) is 9.55 Å². The molecular formula is C23H21ClN2O2S. The number of hydrogen-bond acceptors (Lipinski definition) is 4. The number of benzene rings is 2. The summed E-state index contributed by atoms with van der Waals surface area (Å²) in [6.07, 6.45) is 0. The molecule has 0 fully saturated rings. The molecule has 0 aliphatic carbocycles. The van der Waals surface area contributed by atoms with Gasteiger partial charge in [0, 0.05) is 15.5 Å². The maximum atomic E-state index is 13.5. The molecule has 0 atom stereocenters. The molecule has 0 radical (unpaired) electrons. The predicted molar refractivity (Wildman–Crippen MR) is 121 cm³/mol. The van der Waals surface area contributed by atoms with Crippen LogP contribution in [0.4, 0.5) is 0 Å². The van der Waals surface area contributed by atoms with Gasteiger partial charge in [0.2, 0.25) is 0 Å². The molecule has 0 unspecified atom stereocenters. The Bertz CT molecular complexity index is 1230. The van der Waals surface area contributed by atoms with Gasteiger partial charge in [-0.2, -0.15) is 0 Å². The fourth-order valence-corrected chi connectivity index (χ4v) is 4.69. The molecule has 0 aliphatic rings. The smallest absolute Gasteiger partial charge is 0.263 e. The summed E-state index contributed by atoms with van der Waals surface area (Å²) in [5.74, 6) is 1.53. The molecule has 0 N–H and O–H groups in total. The van der Waals surface area contributed by atoms with Crippen LogP contribution in [0, 0.1) is 13.8 Å². The van der Waals surface area contributed by atoms with Gasteiger partial charge < -0.3 is 4.74 Å². The molecule has 4 rings (SSSR count). The fourth-order valence-electron chi connectivity index (χ4n) is 3.49. The molecule has 0 amide bonds. The number of aromatic nitrogens is 2. The van der Waals surface area contributed by atoms with Crippen molar-refractivity contribution in [2.75, 3.05) is 6.61 Å². The Hall–Kier alpha value is -2.63. The van der Waals surface area contributed by atoms with Crippen LogP contribution in [0.1, 0.15) is 23.2 Å². The van der Waals surface area contributed by atoms with Crippen LogP contribution in [0.15, 0.2) is 53.3 Å². The third-order valence-electron chi connectivity index (χ3n) is 4.89. The Morgan fingerprint density at radius 1 is 1.07 bits per heavy atom. The third kappa shape index (κ3) is 3.80. The first-order valence-corrected chi connectivity index (χ1v) is 10.7. The molecule has 0 saturated heterocycles. The molecule has 0 aliphatic heterocycles. The Balaban J connectivity index is 1.85. The molecule has 29 heavy (non-hydrogen) atoms. The van der Waals surface area contributed by atoms with Crippen molar-refractivity contribution < 1.29 is 4.74 Å². The van der Waals surface area contributed by atoms with Crippen LogP contribution in [0.25, 0.3) is 21.3 Å². The standard InChI is InChI=1S/C23H21ClN2O2S/c1-4-28-19-11-7-17(8-12-19)20-14(2)29-22-21(20)23(27)26(15(3)25-22)13-16-5-9-18(24)10-6-16/h5-12H,4,13H2,1-3H3. The van der Waals surface area contributed by atoms with E-state index in [9.17, 15) is 4.79 Å². The Morgan fingerprint density at radius 2 is 1.76 bits per heavy atom. The highest BCUT2D eigenvalue weighted by Crippen LogP contribution is 2.36. The van der Waals surface area contributed by atoms with Crippen molar-refractivity contribution in [1.29, 1.82) is 0 Å². The van der Waals surface area contributed by atoms with E-state index in [1.807, 2.05) is 69.3 Å². The largest absolute Gasteiger partial charge is 0.494 e. The maximum Gasteiger partial charge on any atom is 0.263 e. The summed E-state index contributed by atoms with van der Waals surface area (Å²) in [7, 11) is 0. The van der Waals surface area contributed by atoms with Crippen LogP contribution in [0.2, 0.25) is 5.02 Å². The van der Waals surface area contributed by atoms with E-state index in [2.05, 4.69) is 0 Å². The van der Waals surface area contributed by atoms with E-state index in [1.54, 1.807) is 15.9 Å². The topological polar surface area (TPSA) is 44.1 Å². The van der Waals surface area contributed by atoms with Gasteiger partial charge in [-0.1, -0.05) is 35.9 Å². The number of halogens is 1. The van der Waals surface area contributed by atoms with E-state index in [0.717, 1.165) is 32.1 Å². The molecule has 2 heterocycles. The van der Waals surface area contributed by atoms with Crippen molar-refractivity contribution in [3.8, 4) is 16.9 Å². The molecule has 2 aromatic heterocycles. The van der Waals surface area contributed by atoms with E-state index in [4.69, 9.17) is 21.3 Å². The van der Waals surface area contributed by atoms with E-state index >= 15 is 0 Å². The molecule has 0 bridgehead atoms. The van der Waals surface area contributed by atoms with Crippen LogP contribution in [-0.4, -0.2) is 16.2 Å². The van der Waals surface area contributed by atoms with Gasteiger partial charge in [-0.3, -0.25) is 9.36 Å². The molecule has 0 saturated carbocycles. The number of aryl methyl sites for hydroxylation is 2. The summed E-state index contributed by atoms with van der Waals surface area (Å²) < 4.78 is 7.28. The second kappa shape index (κ2) is 8.01. The lowest BCUT2D eigenvalue weighted by atomic mass is 10.0. The van der Waals surface area contributed by atoms with E-state index in [1.165, 1.54) is 0 Å². The van der Waals surface area contributed by atoms with Crippen molar-refractivity contribution in [3.63, 3.8) is 0 Å². The lowest BCUT2D eigenvalue weighted by Crippen LogP contribution is -2.24. The molecule has 148 valence electrons. The van der Waals surface area contributed by atoms with Crippen LogP contribution >= 0.6 is 22.9 Å². The minimum atomic E-state index is -0.0179. The van der Waals surface area contributed by atoms with Crippen LogP contribution < -0.4 is 10.3 Å². The van der Waals surface area contributed by atoms with E-state index in [0.29, 0.717) is 29.4 Å². The summed E-state index contributed by atoms with van der Waals surface area (Å²) in [5, 5.41) is 1.36. The maximum absolute atomic E-state index is 13.5. The second-order valence-electron chi connectivity index (χ2n) is 6.85. The van der Waals surface area contributed by atoms with Crippen molar-refractivity contribution in [3.05, 3.63) is 80.2 Å². The van der Waals surface area contributed by atoms with Crippen LogP contribution in [0.3, 0.4) is 0 Å². The SMILES string of the molecule is CCOc1ccc(-c2c(C)sc3nc(C)n(Cc4ccc(Cl)cc4)c(=O)c23)cc1. The molecular weight excluding hydrogens is 404 g/mol. The molecule has 0 spiro atoms. The quantitative estimate of drug-likeness (QED) is 0.404. The summed E-state index contributed by atoms with van der Waals surface area (Å²) in [5.41, 5.74) is 2.94. The van der Waals surface area contributed by atoms with Crippen LogP contribution in [-0.2, 0) is 6.54 Å². The number of rotatable bonds is 5. The number of ether oxygens (including phenoxy) is 1. The first-order valence-electron chi connectivity index (χ1n) is 9.46. The summed E-state index contributed by atoms with van der Waals surface area (Å²) in [6.45, 7) is 6.96. The minimum absolute atomic E-state index is 0.0179. The number of hydrogen-bond donors (Lipinski definition) is 0. The first-order chi connectivity index (χ1) is 14.0. The fraction of sp³-hybridized carbons (Fsp3) is 0.217. The average Bonchev–Trinajstić information content (AvgIpc) is 3.03. The Kier molecular flexibility index (Phi) is 5.43. The van der Waals surface area contributed by atoms with Gasteiger partial charge >= 0.3 is 0 Å². The normalized spacial score (nSPS) is 11.2. The third-order valence-corrected chi connectivity index (χ3v) is 6.14. The van der Waals surface area contributed by atoms with Gasteiger partial charge in [0.1, 0.15) is 16.4 Å². The highest BCUT2D eigenvalue weighted by atomic mass is 35.5.